The standard InChI is InChI=1S/C16H15ClF5N3O3/c17-11-8(18)2-1-7(12(11)19)13(6-3-10(28-5-6)16(20,21)22)25-14(26)9-4-23-15(27)24-9/h1-2,6,9-10,13H,3-5H2,(H,25,26)(H2,23,24,27)/t6-,9+,10+,13+/m1/s1. The number of nitrogens with one attached hydrogen (secondary N) is 3. The summed E-state index contributed by atoms with van der Waals surface area (Å²) in [6.45, 7) is -0.449. The van der Waals surface area contributed by atoms with Gasteiger partial charge < -0.3 is 20.7 Å². The van der Waals surface area contributed by atoms with Crippen molar-refractivity contribution < 1.29 is 36.3 Å². The monoisotopic (exact) mass is 427 g/mol. The Morgan fingerprint density at radius 2 is 2.04 bits per heavy atom. The van der Waals surface area contributed by atoms with Crippen LogP contribution < -0.4 is 16.0 Å². The number of benzene rings is 1. The molecule has 0 unspecified atom stereocenters. The Bertz CT molecular complexity index is 792. The number of ether oxygens (including phenoxy) is 1. The molecule has 12 heteroatoms. The van der Waals surface area contributed by atoms with Gasteiger partial charge in [-0.05, 0) is 12.5 Å². The second-order valence-corrected chi connectivity index (χ2v) is 6.90. The number of hydrogen-bond donors (Lipinski definition) is 3. The van der Waals surface area contributed by atoms with Gasteiger partial charge in [0, 0.05) is 18.0 Å². The van der Waals surface area contributed by atoms with Crippen molar-refractivity contribution >= 4 is 23.5 Å². The summed E-state index contributed by atoms with van der Waals surface area (Å²) in [5.74, 6) is -3.91. The van der Waals surface area contributed by atoms with Gasteiger partial charge in [-0.3, -0.25) is 4.79 Å². The van der Waals surface area contributed by atoms with Crippen molar-refractivity contribution in [1.82, 2.24) is 16.0 Å². The van der Waals surface area contributed by atoms with Gasteiger partial charge in [0.1, 0.15) is 22.7 Å². The minimum atomic E-state index is -4.62. The number of carbonyl (C=O) groups excluding carboxylic acids is 2. The summed E-state index contributed by atoms with van der Waals surface area (Å²) >= 11 is 5.58. The van der Waals surface area contributed by atoms with Crippen LogP contribution in [0.5, 0.6) is 0 Å². The average molecular weight is 428 g/mol. The van der Waals surface area contributed by atoms with E-state index in [-0.39, 0.29) is 12.1 Å². The van der Waals surface area contributed by atoms with E-state index >= 15 is 0 Å². The molecule has 2 aliphatic rings. The van der Waals surface area contributed by atoms with E-state index in [1.165, 1.54) is 0 Å². The number of rotatable bonds is 4. The van der Waals surface area contributed by atoms with Crippen molar-refractivity contribution in [3.63, 3.8) is 0 Å². The van der Waals surface area contributed by atoms with Crippen LogP contribution in [-0.2, 0) is 9.53 Å². The molecule has 2 saturated heterocycles. The lowest BCUT2D eigenvalue weighted by atomic mass is 9.90. The second-order valence-electron chi connectivity index (χ2n) is 6.52. The maximum Gasteiger partial charge on any atom is 0.414 e. The van der Waals surface area contributed by atoms with Crippen LogP contribution in [0.15, 0.2) is 12.1 Å². The molecular formula is C16H15ClF5N3O3. The van der Waals surface area contributed by atoms with Crippen LogP contribution >= 0.6 is 11.6 Å². The molecule has 2 heterocycles. The highest BCUT2D eigenvalue weighted by atomic mass is 35.5. The highest BCUT2D eigenvalue weighted by molar-refractivity contribution is 6.31. The summed E-state index contributed by atoms with van der Waals surface area (Å²) in [6.07, 6.45) is -7.21. The molecule has 0 saturated carbocycles. The maximum atomic E-state index is 14.5. The Hall–Kier alpha value is -2.14. The Labute approximate surface area is 160 Å². The summed E-state index contributed by atoms with van der Waals surface area (Å²) in [5, 5.41) is 6.28. The van der Waals surface area contributed by atoms with E-state index in [4.69, 9.17) is 16.3 Å². The predicted octanol–water partition coefficient (Wildman–Crippen LogP) is 2.42. The van der Waals surface area contributed by atoms with Gasteiger partial charge >= 0.3 is 12.2 Å². The largest absolute Gasteiger partial charge is 0.414 e. The Morgan fingerprint density at radius 3 is 2.61 bits per heavy atom. The topological polar surface area (TPSA) is 79.5 Å². The van der Waals surface area contributed by atoms with Crippen molar-refractivity contribution in [1.29, 1.82) is 0 Å². The summed E-state index contributed by atoms with van der Waals surface area (Å²) in [4.78, 5) is 23.6. The van der Waals surface area contributed by atoms with Gasteiger partial charge in [0.2, 0.25) is 5.91 Å². The average Bonchev–Trinajstić information content (AvgIpc) is 3.27. The zero-order chi connectivity index (χ0) is 20.6. The third-order valence-electron chi connectivity index (χ3n) is 4.65. The van der Waals surface area contributed by atoms with Gasteiger partial charge in [0.15, 0.2) is 6.10 Å². The number of urea groups is 1. The molecule has 0 aliphatic carbocycles. The minimum absolute atomic E-state index is 0.0453. The highest BCUT2D eigenvalue weighted by Gasteiger charge is 2.48. The molecule has 2 fully saturated rings. The van der Waals surface area contributed by atoms with Gasteiger partial charge in [-0.15, -0.1) is 0 Å². The van der Waals surface area contributed by atoms with Crippen LogP contribution in [0.25, 0.3) is 0 Å². The van der Waals surface area contributed by atoms with Crippen LogP contribution in [0.2, 0.25) is 5.02 Å². The van der Waals surface area contributed by atoms with Crippen LogP contribution in [0.3, 0.4) is 0 Å². The third-order valence-corrected chi connectivity index (χ3v) is 5.00. The molecule has 28 heavy (non-hydrogen) atoms. The number of halogens is 6. The number of carbonyl (C=O) groups is 2. The molecule has 3 rings (SSSR count). The molecule has 0 spiro atoms. The number of hydrogen-bond acceptors (Lipinski definition) is 3. The summed E-state index contributed by atoms with van der Waals surface area (Å²) in [5.41, 5.74) is -0.270. The highest BCUT2D eigenvalue weighted by Crippen LogP contribution is 2.40. The molecule has 1 aromatic carbocycles. The molecule has 0 bridgehead atoms. The fraction of sp³-hybridized carbons (Fsp3) is 0.500. The summed E-state index contributed by atoms with van der Waals surface area (Å²) in [6, 6.07) is -0.983. The molecule has 0 aromatic heterocycles. The molecule has 1 aromatic rings. The lowest BCUT2D eigenvalue weighted by Gasteiger charge is -2.26. The van der Waals surface area contributed by atoms with E-state index in [2.05, 4.69) is 16.0 Å². The van der Waals surface area contributed by atoms with Crippen molar-refractivity contribution in [2.24, 2.45) is 5.92 Å². The molecule has 3 amide bonds. The second kappa shape index (κ2) is 7.70. The van der Waals surface area contributed by atoms with Crippen LogP contribution in [0.1, 0.15) is 18.0 Å². The molecule has 4 atom stereocenters. The van der Waals surface area contributed by atoms with Crippen molar-refractivity contribution in [2.75, 3.05) is 13.2 Å². The molecular weight excluding hydrogens is 413 g/mol. The van der Waals surface area contributed by atoms with Gasteiger partial charge in [0.25, 0.3) is 0 Å². The zero-order valence-electron chi connectivity index (χ0n) is 14.1. The first-order valence-corrected chi connectivity index (χ1v) is 8.62. The first kappa shape index (κ1) is 20.6. The van der Waals surface area contributed by atoms with Crippen molar-refractivity contribution in [3.05, 3.63) is 34.4 Å². The van der Waals surface area contributed by atoms with Gasteiger partial charge in [-0.2, -0.15) is 13.2 Å². The number of alkyl halides is 3. The lowest BCUT2D eigenvalue weighted by molar-refractivity contribution is -0.206. The molecule has 0 radical (unpaired) electrons. The van der Waals surface area contributed by atoms with E-state index in [9.17, 15) is 31.5 Å². The van der Waals surface area contributed by atoms with Gasteiger partial charge in [0.05, 0.1) is 12.6 Å². The predicted molar refractivity (Wildman–Crippen MR) is 86.5 cm³/mol. The third kappa shape index (κ3) is 4.14. The maximum absolute atomic E-state index is 14.5. The van der Waals surface area contributed by atoms with E-state index in [0.717, 1.165) is 12.1 Å². The fourth-order valence-corrected chi connectivity index (χ4v) is 3.38. The van der Waals surface area contributed by atoms with Crippen molar-refractivity contribution in [3.8, 4) is 0 Å². The number of amides is 3. The van der Waals surface area contributed by atoms with Crippen LogP contribution in [-0.4, -0.2) is 43.4 Å². The van der Waals surface area contributed by atoms with Crippen LogP contribution in [0, 0.1) is 17.6 Å². The Morgan fingerprint density at radius 1 is 1.32 bits per heavy atom. The first-order chi connectivity index (χ1) is 13.1. The molecule has 2 aliphatic heterocycles. The molecule has 6 nitrogen and oxygen atoms in total. The minimum Gasteiger partial charge on any atom is -0.368 e. The lowest BCUT2D eigenvalue weighted by Crippen LogP contribution is -2.46. The summed E-state index contributed by atoms with van der Waals surface area (Å²) < 4.78 is 71.6. The first-order valence-electron chi connectivity index (χ1n) is 8.24. The van der Waals surface area contributed by atoms with E-state index in [0.29, 0.717) is 0 Å². The summed E-state index contributed by atoms with van der Waals surface area (Å²) in [7, 11) is 0. The fourth-order valence-electron chi connectivity index (χ4n) is 3.21. The molecule has 154 valence electrons. The van der Waals surface area contributed by atoms with E-state index in [1.807, 2.05) is 0 Å². The smallest absolute Gasteiger partial charge is 0.368 e. The Balaban J connectivity index is 1.88. The Kier molecular flexibility index (Phi) is 5.67. The van der Waals surface area contributed by atoms with E-state index in [1.54, 1.807) is 0 Å². The zero-order valence-corrected chi connectivity index (χ0v) is 14.8. The van der Waals surface area contributed by atoms with Gasteiger partial charge in [-0.1, -0.05) is 17.7 Å². The quantitative estimate of drug-likeness (QED) is 0.510. The van der Waals surface area contributed by atoms with E-state index < -0.39 is 71.9 Å². The van der Waals surface area contributed by atoms with Gasteiger partial charge in [-0.25, -0.2) is 13.6 Å². The normalized spacial score (nSPS) is 25.9. The van der Waals surface area contributed by atoms with Crippen molar-refractivity contribution in [2.45, 2.75) is 30.8 Å². The van der Waals surface area contributed by atoms with Crippen LogP contribution in [0.4, 0.5) is 26.7 Å². The molecule has 3 N–H and O–H groups in total. The SMILES string of the molecule is O=C1NC[C@@H](C(=O)N[C@H](c2ccc(F)c(Cl)c2F)[C@H]2CO[C@H](C(F)(F)F)C2)N1.